The number of hydrogen-bond acceptors (Lipinski definition) is 5. The van der Waals surface area contributed by atoms with E-state index in [-0.39, 0.29) is 5.92 Å². The molecular formula is C6H7N5O. The zero-order chi connectivity index (χ0) is 8.39. The number of aromatic amines is 1. The molecule has 0 aliphatic rings. The van der Waals surface area contributed by atoms with Crippen LogP contribution in [0, 0.1) is 0 Å². The van der Waals surface area contributed by atoms with Crippen molar-refractivity contribution in [2.75, 3.05) is 0 Å². The molecule has 1 atom stereocenters. The third-order valence-electron chi connectivity index (χ3n) is 1.70. The summed E-state index contributed by atoms with van der Waals surface area (Å²) in [6, 6.07) is 0. The maximum Gasteiger partial charge on any atom is 0.148 e. The molecule has 2 aromatic heterocycles. The zero-order valence-electron chi connectivity index (χ0n) is 6.43. The molecule has 2 aromatic rings. The fraction of sp³-hybridized carbons (Fsp3) is 0.333. The van der Waals surface area contributed by atoms with Crippen LogP contribution >= 0.6 is 0 Å². The molecule has 1 unspecified atom stereocenters. The van der Waals surface area contributed by atoms with E-state index in [4.69, 9.17) is 0 Å². The molecule has 2 heterocycles. The van der Waals surface area contributed by atoms with Gasteiger partial charge < -0.3 is 4.52 Å². The minimum Gasteiger partial charge on any atom is -0.345 e. The van der Waals surface area contributed by atoms with Crippen LogP contribution in [0.5, 0.6) is 0 Å². The molecule has 1 N–H and O–H groups in total. The van der Waals surface area contributed by atoms with Crippen LogP contribution < -0.4 is 0 Å². The van der Waals surface area contributed by atoms with Crippen molar-refractivity contribution >= 4 is 0 Å². The second-order valence-electron chi connectivity index (χ2n) is 2.45. The molecule has 0 aliphatic heterocycles. The highest BCUT2D eigenvalue weighted by Gasteiger charge is 2.13. The summed E-state index contributed by atoms with van der Waals surface area (Å²) in [5, 5.41) is 17.3. The molecule has 0 radical (unpaired) electrons. The van der Waals surface area contributed by atoms with Gasteiger partial charge in [-0.1, -0.05) is 6.92 Å². The summed E-state index contributed by atoms with van der Waals surface area (Å²) in [6.45, 7) is 1.96. The monoisotopic (exact) mass is 165 g/mol. The molecule has 62 valence electrons. The predicted octanol–water partition coefficient (Wildman–Crippen LogP) is 0.339. The highest BCUT2D eigenvalue weighted by molar-refractivity contribution is 5.13. The Morgan fingerprint density at radius 2 is 2.42 bits per heavy atom. The standard InChI is InChI=1S/C6H7N5O/c1-4(5-2-7-10-8-5)6-3-12-11-9-6/h2-4H,1H3,(H,7,8,10). The number of aromatic nitrogens is 5. The van der Waals surface area contributed by atoms with Crippen molar-refractivity contribution in [3.63, 3.8) is 0 Å². The van der Waals surface area contributed by atoms with Gasteiger partial charge in [0.1, 0.15) is 12.0 Å². The number of H-pyrrole nitrogens is 1. The van der Waals surface area contributed by atoms with Gasteiger partial charge in [0.25, 0.3) is 0 Å². The van der Waals surface area contributed by atoms with Crippen LogP contribution in [0.15, 0.2) is 17.0 Å². The molecule has 0 saturated heterocycles. The first-order valence-corrected chi connectivity index (χ1v) is 3.50. The molecule has 0 aromatic carbocycles. The number of nitrogens with one attached hydrogen (secondary N) is 1. The lowest BCUT2D eigenvalue weighted by atomic mass is 10.1. The van der Waals surface area contributed by atoms with E-state index in [0.29, 0.717) is 0 Å². The second-order valence-corrected chi connectivity index (χ2v) is 2.45. The van der Waals surface area contributed by atoms with Gasteiger partial charge in [-0.3, -0.25) is 0 Å². The van der Waals surface area contributed by atoms with Crippen LogP contribution in [0.4, 0.5) is 0 Å². The van der Waals surface area contributed by atoms with E-state index in [2.05, 4.69) is 30.3 Å². The fourth-order valence-corrected chi connectivity index (χ4v) is 0.931. The molecule has 2 rings (SSSR count). The molecule has 6 nitrogen and oxygen atoms in total. The summed E-state index contributed by atoms with van der Waals surface area (Å²) >= 11 is 0. The summed E-state index contributed by atoms with van der Waals surface area (Å²) < 4.78 is 4.61. The van der Waals surface area contributed by atoms with Crippen molar-refractivity contribution in [2.45, 2.75) is 12.8 Å². The van der Waals surface area contributed by atoms with E-state index >= 15 is 0 Å². The Hall–Kier alpha value is -1.72. The Kier molecular flexibility index (Phi) is 1.58. The van der Waals surface area contributed by atoms with Crippen molar-refractivity contribution in [3.8, 4) is 0 Å². The van der Waals surface area contributed by atoms with Gasteiger partial charge in [-0.25, -0.2) is 0 Å². The van der Waals surface area contributed by atoms with Crippen LogP contribution in [0.3, 0.4) is 0 Å². The highest BCUT2D eigenvalue weighted by Crippen LogP contribution is 2.17. The Morgan fingerprint density at radius 1 is 1.50 bits per heavy atom. The summed E-state index contributed by atoms with van der Waals surface area (Å²) in [5.41, 5.74) is 1.58. The Labute approximate surface area is 68.0 Å². The van der Waals surface area contributed by atoms with Gasteiger partial charge in [0.15, 0.2) is 0 Å². The van der Waals surface area contributed by atoms with E-state index in [1.165, 1.54) is 6.26 Å². The first-order chi connectivity index (χ1) is 5.88. The third-order valence-corrected chi connectivity index (χ3v) is 1.70. The summed E-state index contributed by atoms with van der Waals surface area (Å²) in [7, 11) is 0. The van der Waals surface area contributed by atoms with Crippen molar-refractivity contribution in [3.05, 3.63) is 23.8 Å². The molecule has 6 heteroatoms. The topological polar surface area (TPSA) is 80.5 Å². The number of hydrogen-bond donors (Lipinski definition) is 1. The molecule has 0 spiro atoms. The van der Waals surface area contributed by atoms with Crippen molar-refractivity contribution < 1.29 is 4.52 Å². The average molecular weight is 165 g/mol. The minimum atomic E-state index is 0.0648. The lowest BCUT2D eigenvalue weighted by Crippen LogP contribution is -1.96. The molecule has 0 saturated carbocycles. The average Bonchev–Trinajstić information content (AvgIpc) is 2.77. The Morgan fingerprint density at radius 3 is 3.00 bits per heavy atom. The van der Waals surface area contributed by atoms with Gasteiger partial charge in [0.05, 0.1) is 11.9 Å². The van der Waals surface area contributed by atoms with Crippen LogP contribution in [0.2, 0.25) is 0 Å². The van der Waals surface area contributed by atoms with Crippen LogP contribution in [0.1, 0.15) is 24.2 Å². The summed E-state index contributed by atoms with van der Waals surface area (Å²) in [6.07, 6.45) is 3.15. The Balaban J connectivity index is 2.27. The third kappa shape index (κ3) is 1.07. The quantitative estimate of drug-likeness (QED) is 0.693. The molecule has 0 aliphatic carbocycles. The van der Waals surface area contributed by atoms with E-state index < -0.39 is 0 Å². The zero-order valence-corrected chi connectivity index (χ0v) is 6.43. The molecule has 0 bridgehead atoms. The summed E-state index contributed by atoms with van der Waals surface area (Å²) in [4.78, 5) is 0. The van der Waals surface area contributed by atoms with Gasteiger partial charge in [0, 0.05) is 11.2 Å². The Bertz CT molecular complexity index is 292. The lowest BCUT2D eigenvalue weighted by Gasteiger charge is -1.99. The first-order valence-electron chi connectivity index (χ1n) is 3.50. The highest BCUT2D eigenvalue weighted by atomic mass is 16.5. The number of rotatable bonds is 2. The van der Waals surface area contributed by atoms with Gasteiger partial charge in [-0.2, -0.15) is 15.4 Å². The van der Waals surface area contributed by atoms with Crippen LogP contribution in [0.25, 0.3) is 0 Å². The van der Waals surface area contributed by atoms with Gasteiger partial charge >= 0.3 is 0 Å². The smallest absolute Gasteiger partial charge is 0.148 e. The van der Waals surface area contributed by atoms with Gasteiger partial charge in [-0.15, -0.1) is 5.10 Å². The lowest BCUT2D eigenvalue weighted by molar-refractivity contribution is 0.392. The van der Waals surface area contributed by atoms with E-state index in [1.807, 2.05) is 6.92 Å². The van der Waals surface area contributed by atoms with Gasteiger partial charge in [-0.05, 0) is 0 Å². The van der Waals surface area contributed by atoms with Gasteiger partial charge in [0.2, 0.25) is 0 Å². The van der Waals surface area contributed by atoms with Crippen molar-refractivity contribution in [1.29, 1.82) is 0 Å². The molecule has 0 fully saturated rings. The maximum absolute atomic E-state index is 4.61. The largest absolute Gasteiger partial charge is 0.345 e. The SMILES string of the molecule is CC(c1conn1)c1cn[nH]n1. The van der Waals surface area contributed by atoms with Crippen molar-refractivity contribution in [2.24, 2.45) is 0 Å². The van der Waals surface area contributed by atoms with E-state index in [0.717, 1.165) is 11.4 Å². The predicted molar refractivity (Wildman–Crippen MR) is 38.2 cm³/mol. The van der Waals surface area contributed by atoms with Crippen LogP contribution in [-0.2, 0) is 0 Å². The summed E-state index contributed by atoms with van der Waals surface area (Å²) in [5.74, 6) is 0.0648. The van der Waals surface area contributed by atoms with E-state index in [9.17, 15) is 0 Å². The normalized spacial score (nSPS) is 13.1. The van der Waals surface area contributed by atoms with Crippen molar-refractivity contribution in [1.82, 2.24) is 25.8 Å². The molecule has 12 heavy (non-hydrogen) atoms. The fourth-order valence-electron chi connectivity index (χ4n) is 0.931. The molecular weight excluding hydrogens is 158 g/mol. The van der Waals surface area contributed by atoms with Crippen LogP contribution in [-0.4, -0.2) is 25.8 Å². The first kappa shape index (κ1) is 6.96. The molecule has 0 amide bonds. The second kappa shape index (κ2) is 2.72. The van der Waals surface area contributed by atoms with E-state index in [1.54, 1.807) is 6.20 Å². The maximum atomic E-state index is 4.61. The minimum absolute atomic E-state index is 0.0648. The number of nitrogens with zero attached hydrogens (tertiary/aromatic N) is 4.